The molecule has 2 N–H and O–H groups in total. The molecule has 0 aliphatic rings. The fraction of sp³-hybridized carbons (Fsp3) is 0.333. The normalized spacial score (nSPS) is 10.2. The minimum Gasteiger partial charge on any atom is -0.330 e. The van der Waals surface area contributed by atoms with E-state index in [-0.39, 0.29) is 5.82 Å². The number of rotatable bonds is 3. The Bertz CT molecular complexity index is 263. The lowest BCUT2D eigenvalue weighted by Gasteiger charge is -2.00. The highest BCUT2D eigenvalue weighted by Gasteiger charge is 1.99. The summed E-state index contributed by atoms with van der Waals surface area (Å²) in [5, 5.41) is 0. The summed E-state index contributed by atoms with van der Waals surface area (Å²) in [7, 11) is 0. The Kier molecular flexibility index (Phi) is 3.94. The largest absolute Gasteiger partial charge is 0.330 e. The van der Waals surface area contributed by atoms with Gasteiger partial charge < -0.3 is 5.73 Å². The van der Waals surface area contributed by atoms with Gasteiger partial charge in [-0.3, -0.25) is 0 Å². The highest BCUT2D eigenvalue weighted by Crippen LogP contribution is 2.13. The van der Waals surface area contributed by atoms with Crippen LogP contribution >= 0.6 is 22.6 Å². The van der Waals surface area contributed by atoms with Crippen LogP contribution in [0.25, 0.3) is 0 Å². The van der Waals surface area contributed by atoms with Gasteiger partial charge in [0.25, 0.3) is 0 Å². The molecule has 0 saturated heterocycles. The standard InChI is InChI=1S/C9H11FIN/c10-8-6-7(2-1-5-12)3-4-9(8)11/h3-4,6H,1-2,5,12H2. The minimum atomic E-state index is -0.134. The van der Waals surface area contributed by atoms with E-state index in [2.05, 4.69) is 0 Å². The van der Waals surface area contributed by atoms with Gasteiger partial charge in [0.15, 0.2) is 0 Å². The molecule has 0 aliphatic heterocycles. The quantitative estimate of drug-likeness (QED) is 0.844. The van der Waals surface area contributed by atoms with Gasteiger partial charge in [-0.1, -0.05) is 6.07 Å². The minimum absolute atomic E-state index is 0.134. The van der Waals surface area contributed by atoms with Crippen molar-refractivity contribution in [3.63, 3.8) is 0 Å². The maximum Gasteiger partial charge on any atom is 0.136 e. The Morgan fingerprint density at radius 2 is 2.17 bits per heavy atom. The Hall–Kier alpha value is -0.160. The number of halogens is 2. The Morgan fingerprint density at radius 1 is 1.42 bits per heavy atom. The van der Waals surface area contributed by atoms with Crippen molar-refractivity contribution in [3.8, 4) is 0 Å². The van der Waals surface area contributed by atoms with Gasteiger partial charge in [0.2, 0.25) is 0 Å². The number of hydrogen-bond donors (Lipinski definition) is 1. The summed E-state index contributed by atoms with van der Waals surface area (Å²) in [6.45, 7) is 0.660. The number of benzene rings is 1. The van der Waals surface area contributed by atoms with Gasteiger partial charge in [0, 0.05) is 3.57 Å². The number of aryl methyl sites for hydroxylation is 1. The zero-order chi connectivity index (χ0) is 8.97. The topological polar surface area (TPSA) is 26.0 Å². The average Bonchev–Trinajstić information content (AvgIpc) is 2.07. The average molecular weight is 279 g/mol. The van der Waals surface area contributed by atoms with Gasteiger partial charge in [-0.05, 0) is 59.7 Å². The lowest BCUT2D eigenvalue weighted by molar-refractivity contribution is 0.617. The monoisotopic (exact) mass is 279 g/mol. The van der Waals surface area contributed by atoms with Gasteiger partial charge in [-0.25, -0.2) is 4.39 Å². The molecule has 0 amide bonds. The van der Waals surface area contributed by atoms with Crippen LogP contribution in [0.1, 0.15) is 12.0 Å². The molecule has 1 rings (SSSR count). The third-order valence-electron chi connectivity index (χ3n) is 1.65. The first-order valence-electron chi connectivity index (χ1n) is 3.88. The van der Waals surface area contributed by atoms with Crippen molar-refractivity contribution in [1.29, 1.82) is 0 Å². The lowest BCUT2D eigenvalue weighted by Crippen LogP contribution is -2.00. The Morgan fingerprint density at radius 3 is 2.75 bits per heavy atom. The molecule has 0 bridgehead atoms. The van der Waals surface area contributed by atoms with Crippen LogP contribution in [-0.4, -0.2) is 6.54 Å². The summed E-state index contributed by atoms with van der Waals surface area (Å²) in [5.74, 6) is -0.134. The third-order valence-corrected chi connectivity index (χ3v) is 2.53. The summed E-state index contributed by atoms with van der Waals surface area (Å²) >= 11 is 1.98. The first kappa shape index (κ1) is 9.92. The molecule has 0 atom stereocenters. The van der Waals surface area contributed by atoms with Crippen molar-refractivity contribution >= 4 is 22.6 Å². The molecule has 0 fully saturated rings. The maximum atomic E-state index is 13.0. The van der Waals surface area contributed by atoms with E-state index < -0.39 is 0 Å². The zero-order valence-corrected chi connectivity index (χ0v) is 8.84. The van der Waals surface area contributed by atoms with E-state index in [1.54, 1.807) is 12.1 Å². The van der Waals surface area contributed by atoms with Gasteiger partial charge in [0.1, 0.15) is 5.82 Å². The van der Waals surface area contributed by atoms with Gasteiger partial charge in [-0.2, -0.15) is 0 Å². The van der Waals surface area contributed by atoms with Crippen molar-refractivity contribution in [1.82, 2.24) is 0 Å². The smallest absolute Gasteiger partial charge is 0.136 e. The highest BCUT2D eigenvalue weighted by molar-refractivity contribution is 14.1. The van der Waals surface area contributed by atoms with Gasteiger partial charge in [0.05, 0.1) is 0 Å². The SMILES string of the molecule is NCCCc1ccc(I)c(F)c1. The molecule has 0 aromatic heterocycles. The molecule has 1 aromatic rings. The molecule has 0 saturated carbocycles. The second kappa shape index (κ2) is 4.77. The van der Waals surface area contributed by atoms with E-state index in [9.17, 15) is 4.39 Å². The predicted octanol–water partition coefficient (Wildman–Crippen LogP) is 2.32. The van der Waals surface area contributed by atoms with Gasteiger partial charge in [-0.15, -0.1) is 0 Å². The molecular weight excluding hydrogens is 268 g/mol. The maximum absolute atomic E-state index is 13.0. The van der Waals surface area contributed by atoms with Crippen molar-refractivity contribution < 1.29 is 4.39 Å². The van der Waals surface area contributed by atoms with E-state index in [0.717, 1.165) is 18.4 Å². The van der Waals surface area contributed by atoms with E-state index in [1.807, 2.05) is 28.7 Å². The van der Waals surface area contributed by atoms with Crippen LogP contribution in [0.2, 0.25) is 0 Å². The number of hydrogen-bond acceptors (Lipinski definition) is 1. The second-order valence-corrected chi connectivity index (χ2v) is 3.80. The fourth-order valence-corrected chi connectivity index (χ4v) is 1.34. The molecule has 66 valence electrons. The molecule has 3 heteroatoms. The molecule has 0 radical (unpaired) electrons. The summed E-state index contributed by atoms with van der Waals surface area (Å²) in [4.78, 5) is 0. The van der Waals surface area contributed by atoms with E-state index in [1.165, 1.54) is 0 Å². The molecule has 0 heterocycles. The molecule has 0 aliphatic carbocycles. The first-order valence-corrected chi connectivity index (χ1v) is 4.96. The van der Waals surface area contributed by atoms with Crippen LogP contribution in [0, 0.1) is 9.39 Å². The van der Waals surface area contributed by atoms with Crippen molar-refractivity contribution in [2.75, 3.05) is 6.54 Å². The molecule has 0 spiro atoms. The first-order chi connectivity index (χ1) is 5.74. The van der Waals surface area contributed by atoms with Crippen LogP contribution in [-0.2, 0) is 6.42 Å². The predicted molar refractivity (Wildman–Crippen MR) is 56.5 cm³/mol. The highest BCUT2D eigenvalue weighted by atomic mass is 127. The summed E-state index contributed by atoms with van der Waals surface area (Å²) in [6.07, 6.45) is 1.78. The Labute approximate surface area is 85.3 Å². The fourth-order valence-electron chi connectivity index (χ4n) is 1.00. The summed E-state index contributed by atoms with van der Waals surface area (Å²) < 4.78 is 13.6. The van der Waals surface area contributed by atoms with Crippen LogP contribution in [0.4, 0.5) is 4.39 Å². The van der Waals surface area contributed by atoms with Crippen LogP contribution in [0.3, 0.4) is 0 Å². The molecule has 12 heavy (non-hydrogen) atoms. The van der Waals surface area contributed by atoms with Crippen molar-refractivity contribution in [3.05, 3.63) is 33.1 Å². The second-order valence-electron chi connectivity index (χ2n) is 2.64. The Balaban J connectivity index is 2.69. The summed E-state index contributed by atoms with van der Waals surface area (Å²) in [6, 6.07) is 5.32. The molecule has 0 unspecified atom stereocenters. The third kappa shape index (κ3) is 2.71. The lowest BCUT2D eigenvalue weighted by atomic mass is 10.1. The summed E-state index contributed by atoms with van der Waals surface area (Å²) in [5.41, 5.74) is 6.38. The van der Waals surface area contributed by atoms with Crippen LogP contribution < -0.4 is 5.73 Å². The molecular formula is C9H11FIN. The van der Waals surface area contributed by atoms with Crippen LogP contribution in [0.5, 0.6) is 0 Å². The van der Waals surface area contributed by atoms with E-state index in [4.69, 9.17) is 5.73 Å². The zero-order valence-electron chi connectivity index (χ0n) is 6.69. The van der Waals surface area contributed by atoms with Crippen LogP contribution in [0.15, 0.2) is 18.2 Å². The number of nitrogens with two attached hydrogens (primary N) is 1. The molecule has 1 nitrogen and oxygen atoms in total. The molecule has 1 aromatic carbocycles. The van der Waals surface area contributed by atoms with E-state index in [0.29, 0.717) is 10.1 Å². The van der Waals surface area contributed by atoms with Gasteiger partial charge >= 0.3 is 0 Å². The van der Waals surface area contributed by atoms with Crippen molar-refractivity contribution in [2.45, 2.75) is 12.8 Å². The van der Waals surface area contributed by atoms with Crippen molar-refractivity contribution in [2.24, 2.45) is 5.73 Å². The van der Waals surface area contributed by atoms with E-state index >= 15 is 0 Å².